The van der Waals surface area contributed by atoms with E-state index in [0.29, 0.717) is 5.84 Å². The van der Waals surface area contributed by atoms with Gasteiger partial charge in [-0.2, -0.15) is 5.10 Å². The molecule has 0 unspecified atom stereocenters. The second kappa shape index (κ2) is 7.69. The average molecular weight is 395 g/mol. The lowest BCUT2D eigenvalue weighted by Gasteiger charge is -2.02. The highest BCUT2D eigenvalue weighted by molar-refractivity contribution is 7.20. The fourth-order valence-electron chi connectivity index (χ4n) is 3.09. The zero-order valence-electron chi connectivity index (χ0n) is 15.4. The molecule has 0 aliphatic carbocycles. The Morgan fingerprint density at radius 3 is 2.62 bits per heavy atom. The number of aromatic nitrogens is 2. The molecule has 29 heavy (non-hydrogen) atoms. The Labute approximate surface area is 171 Å². The first-order valence-electron chi connectivity index (χ1n) is 9.22. The topological polar surface area (TPSA) is 65.4 Å². The number of nitrogens with zero attached hydrogens (tertiary/aromatic N) is 3. The third kappa shape index (κ3) is 3.66. The van der Waals surface area contributed by atoms with E-state index in [9.17, 15) is 0 Å². The molecule has 0 bridgehead atoms. The second-order valence-electron chi connectivity index (χ2n) is 6.44. The maximum atomic E-state index is 4.74. The molecule has 3 aromatic carbocycles. The van der Waals surface area contributed by atoms with Crippen molar-refractivity contribution < 1.29 is 0 Å². The smallest absolute Gasteiger partial charge is 0.183 e. The minimum absolute atomic E-state index is 0.619. The summed E-state index contributed by atoms with van der Waals surface area (Å²) in [5, 5.41) is 6.37. The second-order valence-corrected chi connectivity index (χ2v) is 7.47. The van der Waals surface area contributed by atoms with Gasteiger partial charge in [0, 0.05) is 22.7 Å². The molecule has 0 spiro atoms. The molecular formula is C23H17N5S. The van der Waals surface area contributed by atoms with Gasteiger partial charge < -0.3 is 4.98 Å². The Morgan fingerprint density at radius 2 is 1.72 bits per heavy atom. The molecule has 0 aliphatic rings. The summed E-state index contributed by atoms with van der Waals surface area (Å²) in [4.78, 5) is 12.7. The van der Waals surface area contributed by atoms with Crippen molar-refractivity contribution in [2.45, 2.75) is 0 Å². The monoisotopic (exact) mass is 395 g/mol. The van der Waals surface area contributed by atoms with Crippen LogP contribution in [0.25, 0.3) is 21.1 Å². The van der Waals surface area contributed by atoms with Gasteiger partial charge in [0.15, 0.2) is 10.8 Å². The first kappa shape index (κ1) is 17.3. The molecule has 0 fully saturated rings. The molecular weight excluding hydrogens is 378 g/mol. The SMILES string of the molecule is C(=NNC(=Nc1ccccc1)c1nc2ccccc2s1)c1c[nH]c2ccccc12. The van der Waals surface area contributed by atoms with Gasteiger partial charge in [0.2, 0.25) is 0 Å². The maximum Gasteiger partial charge on any atom is 0.183 e. The van der Waals surface area contributed by atoms with Crippen LogP contribution in [0.3, 0.4) is 0 Å². The zero-order valence-corrected chi connectivity index (χ0v) is 16.2. The summed E-state index contributed by atoms with van der Waals surface area (Å²) < 4.78 is 1.12. The molecule has 6 heteroatoms. The van der Waals surface area contributed by atoms with Gasteiger partial charge in [-0.3, -0.25) is 5.43 Å². The highest BCUT2D eigenvalue weighted by atomic mass is 32.1. The largest absolute Gasteiger partial charge is 0.361 e. The highest BCUT2D eigenvalue weighted by Crippen LogP contribution is 2.23. The number of benzene rings is 3. The van der Waals surface area contributed by atoms with Crippen LogP contribution < -0.4 is 5.43 Å². The van der Waals surface area contributed by atoms with Crippen LogP contribution in [0.4, 0.5) is 5.69 Å². The molecule has 0 amide bonds. The normalized spacial score (nSPS) is 12.2. The predicted octanol–water partition coefficient (Wildman–Crippen LogP) is 5.48. The van der Waals surface area contributed by atoms with Crippen molar-refractivity contribution in [1.82, 2.24) is 15.4 Å². The minimum Gasteiger partial charge on any atom is -0.361 e. The number of fused-ring (bicyclic) bond motifs is 2. The van der Waals surface area contributed by atoms with E-state index >= 15 is 0 Å². The Morgan fingerprint density at radius 1 is 0.931 bits per heavy atom. The van der Waals surface area contributed by atoms with E-state index in [1.807, 2.05) is 72.9 Å². The van der Waals surface area contributed by atoms with Gasteiger partial charge in [0.25, 0.3) is 0 Å². The molecule has 2 heterocycles. The van der Waals surface area contributed by atoms with Crippen molar-refractivity contribution in [2.24, 2.45) is 10.1 Å². The molecule has 5 rings (SSSR count). The fraction of sp³-hybridized carbons (Fsp3) is 0. The summed E-state index contributed by atoms with van der Waals surface area (Å²) in [7, 11) is 0. The van der Waals surface area contributed by atoms with Crippen molar-refractivity contribution in [2.75, 3.05) is 0 Å². The number of thiazole rings is 1. The van der Waals surface area contributed by atoms with Crippen molar-refractivity contribution in [3.8, 4) is 0 Å². The summed E-state index contributed by atoms with van der Waals surface area (Å²) in [6.45, 7) is 0. The molecule has 2 N–H and O–H groups in total. The van der Waals surface area contributed by atoms with E-state index in [1.165, 1.54) is 0 Å². The zero-order chi connectivity index (χ0) is 19.5. The van der Waals surface area contributed by atoms with Crippen molar-refractivity contribution >= 4 is 50.2 Å². The van der Waals surface area contributed by atoms with Crippen LogP contribution in [0.2, 0.25) is 0 Å². The van der Waals surface area contributed by atoms with Gasteiger partial charge in [0.05, 0.1) is 22.1 Å². The predicted molar refractivity (Wildman–Crippen MR) is 121 cm³/mol. The molecule has 0 aliphatic heterocycles. The van der Waals surface area contributed by atoms with Crippen LogP contribution >= 0.6 is 11.3 Å². The first-order valence-corrected chi connectivity index (χ1v) is 10.0. The number of aliphatic imine (C=N–C) groups is 1. The lowest BCUT2D eigenvalue weighted by atomic mass is 10.2. The molecule has 0 saturated carbocycles. The summed E-state index contributed by atoms with van der Waals surface area (Å²) >= 11 is 1.59. The van der Waals surface area contributed by atoms with Crippen LogP contribution in [-0.4, -0.2) is 22.0 Å². The third-order valence-corrected chi connectivity index (χ3v) is 5.53. The Hall–Kier alpha value is -3.77. The van der Waals surface area contributed by atoms with E-state index in [1.54, 1.807) is 17.6 Å². The first-order chi connectivity index (χ1) is 14.4. The number of para-hydroxylation sites is 3. The van der Waals surface area contributed by atoms with Crippen molar-refractivity contribution in [3.63, 3.8) is 0 Å². The maximum absolute atomic E-state index is 4.74. The van der Waals surface area contributed by atoms with E-state index in [2.05, 4.69) is 27.6 Å². The van der Waals surface area contributed by atoms with Crippen LogP contribution in [-0.2, 0) is 0 Å². The van der Waals surface area contributed by atoms with Gasteiger partial charge in [-0.15, -0.1) is 11.3 Å². The lowest BCUT2D eigenvalue weighted by Crippen LogP contribution is -2.18. The number of amidine groups is 1. The number of hydrogen-bond donors (Lipinski definition) is 2. The summed E-state index contributed by atoms with van der Waals surface area (Å²) in [5.74, 6) is 0.619. The molecule has 0 radical (unpaired) electrons. The number of rotatable bonds is 4. The van der Waals surface area contributed by atoms with Crippen molar-refractivity contribution in [3.05, 3.63) is 95.6 Å². The molecule has 140 valence electrons. The standard InChI is InChI=1S/C23H17N5S/c1-2-8-17(9-3-1)26-22(23-27-20-12-6-7-13-21(20)29-23)28-25-15-16-14-24-19-11-5-4-10-18(16)19/h1-15,24H,(H,26,28). The van der Waals surface area contributed by atoms with Crippen LogP contribution in [0, 0.1) is 0 Å². The number of nitrogens with one attached hydrogen (secondary N) is 2. The molecule has 5 aromatic rings. The van der Waals surface area contributed by atoms with Crippen LogP contribution in [0.1, 0.15) is 10.6 Å². The number of hydrogen-bond acceptors (Lipinski definition) is 4. The molecule has 2 aromatic heterocycles. The Bertz CT molecular complexity index is 1300. The minimum atomic E-state index is 0.619. The van der Waals surface area contributed by atoms with Crippen LogP contribution in [0.5, 0.6) is 0 Å². The summed E-state index contributed by atoms with van der Waals surface area (Å²) in [6.07, 6.45) is 3.74. The van der Waals surface area contributed by atoms with Crippen LogP contribution in [0.15, 0.2) is 95.2 Å². The Balaban J connectivity index is 1.49. The molecule has 0 atom stereocenters. The lowest BCUT2D eigenvalue weighted by molar-refractivity contribution is 1.03. The van der Waals surface area contributed by atoms with E-state index in [0.717, 1.165) is 37.4 Å². The molecule has 5 nitrogen and oxygen atoms in total. The number of hydrazone groups is 1. The summed E-state index contributed by atoms with van der Waals surface area (Å²) in [6, 6.07) is 26.0. The fourth-order valence-corrected chi connectivity index (χ4v) is 3.99. The highest BCUT2D eigenvalue weighted by Gasteiger charge is 2.10. The summed E-state index contributed by atoms with van der Waals surface area (Å²) in [5.41, 5.74) is 6.99. The van der Waals surface area contributed by atoms with Crippen molar-refractivity contribution in [1.29, 1.82) is 0 Å². The average Bonchev–Trinajstić information content (AvgIpc) is 3.38. The molecule has 0 saturated heterocycles. The van der Waals surface area contributed by atoms with E-state index in [4.69, 9.17) is 9.98 Å². The van der Waals surface area contributed by atoms with Gasteiger partial charge in [0.1, 0.15) is 0 Å². The number of H-pyrrole nitrogens is 1. The Kier molecular flexibility index (Phi) is 4.60. The van der Waals surface area contributed by atoms with E-state index < -0.39 is 0 Å². The number of aromatic amines is 1. The van der Waals surface area contributed by atoms with Gasteiger partial charge in [-0.05, 0) is 30.3 Å². The third-order valence-electron chi connectivity index (χ3n) is 4.49. The van der Waals surface area contributed by atoms with Gasteiger partial charge in [-0.25, -0.2) is 9.98 Å². The van der Waals surface area contributed by atoms with Gasteiger partial charge in [-0.1, -0.05) is 48.5 Å². The van der Waals surface area contributed by atoms with E-state index in [-0.39, 0.29) is 0 Å². The van der Waals surface area contributed by atoms with Gasteiger partial charge >= 0.3 is 0 Å². The quantitative estimate of drug-likeness (QED) is 0.240.